The van der Waals surface area contributed by atoms with Gasteiger partial charge in [-0.3, -0.25) is 4.79 Å². The van der Waals surface area contributed by atoms with Crippen molar-refractivity contribution >= 4 is 19.0 Å². The summed E-state index contributed by atoms with van der Waals surface area (Å²) in [7, 11) is -1.46. The van der Waals surface area contributed by atoms with Crippen molar-refractivity contribution in [1.82, 2.24) is 5.32 Å². The van der Waals surface area contributed by atoms with Gasteiger partial charge in [-0.15, -0.1) is 0 Å². The van der Waals surface area contributed by atoms with E-state index in [1.807, 2.05) is 13.8 Å². The van der Waals surface area contributed by atoms with Gasteiger partial charge in [0.25, 0.3) is 5.92 Å². The van der Waals surface area contributed by atoms with Gasteiger partial charge < -0.3 is 19.7 Å². The minimum absolute atomic E-state index is 0.144. The number of hydrogen-bond donors (Lipinski definition) is 2. The number of nitrogens with one attached hydrogen (secondary N) is 1. The van der Waals surface area contributed by atoms with E-state index in [1.54, 1.807) is 12.1 Å². The first-order valence-electron chi connectivity index (χ1n) is 9.45. The van der Waals surface area contributed by atoms with E-state index >= 15 is 0 Å². The third-order valence-corrected chi connectivity index (χ3v) is 4.76. The molecule has 1 amide bonds. The molecule has 0 fully saturated rings. The van der Waals surface area contributed by atoms with Crippen LogP contribution in [0.25, 0.3) is 0 Å². The Morgan fingerprint density at radius 2 is 2.07 bits per heavy atom. The SMILES string of the molecule is CCC(CC)COC(=O)c1cccc2c1OB(O)[C@@H](NC(=O)CC(C)(F)F)C2. The Balaban J connectivity index is 2.09. The highest BCUT2D eigenvalue weighted by Gasteiger charge is 2.39. The Morgan fingerprint density at radius 3 is 2.68 bits per heavy atom. The van der Waals surface area contributed by atoms with Crippen molar-refractivity contribution in [3.05, 3.63) is 29.3 Å². The summed E-state index contributed by atoms with van der Waals surface area (Å²) in [6, 6.07) is 4.87. The van der Waals surface area contributed by atoms with Gasteiger partial charge in [0.05, 0.1) is 19.0 Å². The van der Waals surface area contributed by atoms with Crippen LogP contribution in [0.1, 0.15) is 56.0 Å². The summed E-state index contributed by atoms with van der Waals surface area (Å²) in [6.07, 6.45) is 0.949. The van der Waals surface area contributed by atoms with E-state index in [9.17, 15) is 23.4 Å². The molecule has 0 unspecified atom stereocenters. The molecular formula is C19H26BF2NO5. The predicted octanol–water partition coefficient (Wildman–Crippen LogP) is 2.76. The Morgan fingerprint density at radius 1 is 1.39 bits per heavy atom. The molecule has 2 N–H and O–H groups in total. The van der Waals surface area contributed by atoms with Crippen LogP contribution in [0.2, 0.25) is 0 Å². The molecule has 9 heteroatoms. The van der Waals surface area contributed by atoms with Crippen molar-refractivity contribution in [2.24, 2.45) is 5.92 Å². The third kappa shape index (κ3) is 5.92. The van der Waals surface area contributed by atoms with Gasteiger partial charge in [-0.25, -0.2) is 13.6 Å². The second-order valence-electron chi connectivity index (χ2n) is 7.21. The lowest BCUT2D eigenvalue weighted by Crippen LogP contribution is -2.53. The van der Waals surface area contributed by atoms with Crippen LogP contribution in [0, 0.1) is 5.92 Å². The van der Waals surface area contributed by atoms with Crippen LogP contribution < -0.4 is 9.97 Å². The molecular weight excluding hydrogens is 371 g/mol. The maximum absolute atomic E-state index is 13.0. The fourth-order valence-corrected chi connectivity index (χ4v) is 3.04. The van der Waals surface area contributed by atoms with Crippen LogP contribution in [-0.4, -0.2) is 42.5 Å². The van der Waals surface area contributed by atoms with Gasteiger partial charge >= 0.3 is 13.1 Å². The van der Waals surface area contributed by atoms with Crippen molar-refractivity contribution in [3.8, 4) is 5.75 Å². The molecule has 28 heavy (non-hydrogen) atoms. The maximum Gasteiger partial charge on any atom is 0.547 e. The number of para-hydroxylation sites is 1. The third-order valence-electron chi connectivity index (χ3n) is 4.76. The number of carbonyl (C=O) groups excluding carboxylic acids is 2. The number of rotatable bonds is 8. The largest absolute Gasteiger partial charge is 0.547 e. The first kappa shape index (κ1) is 22.1. The van der Waals surface area contributed by atoms with E-state index < -0.39 is 37.3 Å². The Bertz CT molecular complexity index is 706. The number of hydrogen-bond acceptors (Lipinski definition) is 5. The van der Waals surface area contributed by atoms with Gasteiger partial charge in [0.1, 0.15) is 11.3 Å². The van der Waals surface area contributed by atoms with Gasteiger partial charge in [0.2, 0.25) is 5.91 Å². The number of carbonyl (C=O) groups is 2. The summed E-state index contributed by atoms with van der Waals surface area (Å²) in [5, 5.41) is 12.5. The van der Waals surface area contributed by atoms with Gasteiger partial charge in [-0.05, 0) is 30.9 Å². The molecule has 154 valence electrons. The van der Waals surface area contributed by atoms with Crippen LogP contribution >= 0.6 is 0 Å². The first-order valence-corrected chi connectivity index (χ1v) is 9.45. The highest BCUT2D eigenvalue weighted by molar-refractivity contribution is 6.47. The molecule has 0 bridgehead atoms. The van der Waals surface area contributed by atoms with Gasteiger partial charge in [-0.2, -0.15) is 0 Å². The van der Waals surface area contributed by atoms with Crippen molar-refractivity contribution in [2.45, 2.75) is 58.3 Å². The lowest BCUT2D eigenvalue weighted by Gasteiger charge is -2.29. The topological polar surface area (TPSA) is 84.9 Å². The van der Waals surface area contributed by atoms with E-state index in [2.05, 4.69) is 5.32 Å². The van der Waals surface area contributed by atoms with Crippen LogP contribution in [0.4, 0.5) is 8.78 Å². The molecule has 0 saturated carbocycles. The molecule has 1 heterocycles. The molecule has 0 aliphatic carbocycles. The first-order chi connectivity index (χ1) is 13.1. The number of fused-ring (bicyclic) bond motifs is 1. The number of alkyl halides is 2. The molecule has 6 nitrogen and oxygen atoms in total. The molecule has 1 atom stereocenters. The summed E-state index contributed by atoms with van der Waals surface area (Å²) in [5.74, 6) is -5.01. The van der Waals surface area contributed by atoms with E-state index in [1.165, 1.54) is 6.07 Å². The van der Waals surface area contributed by atoms with Crippen molar-refractivity contribution in [1.29, 1.82) is 0 Å². The zero-order valence-electron chi connectivity index (χ0n) is 16.3. The second-order valence-corrected chi connectivity index (χ2v) is 7.21. The zero-order chi connectivity index (χ0) is 20.9. The summed E-state index contributed by atoms with van der Waals surface area (Å²) in [6.45, 7) is 4.99. The van der Waals surface area contributed by atoms with Crippen LogP contribution in [0.3, 0.4) is 0 Å². The molecule has 0 spiro atoms. The number of amides is 1. The lowest BCUT2D eigenvalue weighted by atomic mass is 9.72. The summed E-state index contributed by atoms with van der Waals surface area (Å²) in [4.78, 5) is 24.2. The van der Waals surface area contributed by atoms with E-state index in [0.717, 1.165) is 12.8 Å². The quantitative estimate of drug-likeness (QED) is 0.521. The van der Waals surface area contributed by atoms with Crippen LogP contribution in [0.5, 0.6) is 5.75 Å². The molecule has 1 aromatic rings. The summed E-state index contributed by atoms with van der Waals surface area (Å²) >= 11 is 0. The number of benzene rings is 1. The highest BCUT2D eigenvalue weighted by atomic mass is 19.3. The highest BCUT2D eigenvalue weighted by Crippen LogP contribution is 2.31. The number of halogens is 2. The predicted molar refractivity (Wildman–Crippen MR) is 100 cm³/mol. The fraction of sp³-hybridized carbons (Fsp3) is 0.579. The Kier molecular flexibility index (Phi) is 7.40. The second kappa shape index (κ2) is 9.36. The molecule has 2 rings (SSSR count). The number of esters is 1. The van der Waals surface area contributed by atoms with Crippen molar-refractivity contribution in [3.63, 3.8) is 0 Å². The van der Waals surface area contributed by atoms with Gasteiger partial charge in [0, 0.05) is 0 Å². The average Bonchev–Trinajstić information content (AvgIpc) is 2.61. The normalized spacial score (nSPS) is 16.4. The van der Waals surface area contributed by atoms with Gasteiger partial charge in [0.15, 0.2) is 0 Å². The maximum atomic E-state index is 13.0. The van der Waals surface area contributed by atoms with Crippen molar-refractivity contribution in [2.75, 3.05) is 6.61 Å². The number of ether oxygens (including phenoxy) is 1. The fourth-order valence-electron chi connectivity index (χ4n) is 3.04. The standard InChI is InChI=1S/C19H26BF2NO5/c1-4-12(5-2)11-27-18(25)14-8-6-7-13-9-15(20(26)28-17(13)14)23-16(24)10-19(3,21)22/h6-8,12,15,26H,4-5,9-11H2,1-3H3,(H,23,24)/t15-/m0/s1. The molecule has 1 aliphatic rings. The molecule has 0 aromatic heterocycles. The van der Waals surface area contributed by atoms with Gasteiger partial charge in [-0.1, -0.05) is 38.8 Å². The average molecular weight is 397 g/mol. The minimum atomic E-state index is -3.14. The van der Waals surface area contributed by atoms with E-state index in [-0.39, 0.29) is 23.7 Å². The Hall–Kier alpha value is -2.16. The zero-order valence-corrected chi connectivity index (χ0v) is 16.3. The van der Waals surface area contributed by atoms with Crippen molar-refractivity contribution < 1.29 is 32.8 Å². The van der Waals surface area contributed by atoms with E-state index in [4.69, 9.17) is 9.39 Å². The smallest absolute Gasteiger partial charge is 0.534 e. The summed E-state index contributed by atoms with van der Waals surface area (Å²) in [5.41, 5.74) is 0.767. The lowest BCUT2D eigenvalue weighted by molar-refractivity contribution is -0.127. The molecule has 0 saturated heterocycles. The van der Waals surface area contributed by atoms with E-state index in [0.29, 0.717) is 19.1 Å². The minimum Gasteiger partial charge on any atom is -0.534 e. The monoisotopic (exact) mass is 397 g/mol. The molecule has 1 aromatic carbocycles. The molecule has 0 radical (unpaired) electrons. The van der Waals surface area contributed by atoms with Crippen LogP contribution in [-0.2, 0) is 16.0 Å². The Labute approximate surface area is 163 Å². The summed E-state index contributed by atoms with van der Waals surface area (Å²) < 4.78 is 36.8. The van der Waals surface area contributed by atoms with Crippen LogP contribution in [0.15, 0.2) is 18.2 Å². The molecule has 1 aliphatic heterocycles.